The van der Waals surface area contributed by atoms with Gasteiger partial charge in [0.05, 0.1) is 16.8 Å². The fourth-order valence-corrected chi connectivity index (χ4v) is 2.90. The number of hydrogen-bond donors (Lipinski definition) is 2. The van der Waals surface area contributed by atoms with Crippen molar-refractivity contribution >= 4 is 55.8 Å². The summed E-state index contributed by atoms with van der Waals surface area (Å²) in [7, 11) is 0. The van der Waals surface area contributed by atoms with Crippen molar-refractivity contribution < 1.29 is 37.1 Å². The Hall–Kier alpha value is -3.90. The van der Waals surface area contributed by atoms with Gasteiger partial charge in [0.1, 0.15) is 27.8 Å². The number of Topliss-reactive ketones (excluding diaryl/α,β-unsaturated/α-hetero) is 3. The fourth-order valence-electron chi connectivity index (χ4n) is 2.71. The van der Waals surface area contributed by atoms with Gasteiger partial charge < -0.3 is 16.9 Å². The zero-order valence-electron chi connectivity index (χ0n) is 17.2. The average Bonchev–Trinajstić information content (AvgIpc) is 2.80. The second-order valence-electron chi connectivity index (χ2n) is 6.35. The summed E-state index contributed by atoms with van der Waals surface area (Å²) >= 11 is 3.98. The standard InChI is InChI=1S/C10H5ClN2O3.C10H8N2O2.4CH4.O2Se.H2O/c11-6-7(12)10(16)8-5(9(6)15)2-1-4(3-14)13-8;1-5-2-3-6-8(13)4-7(11)10(14)9(6)12-5;;;;;1-3-2;/h1-3H,12H2;2-4H,11H2,1H3;4*1H4;;1H2. The molecule has 38 heavy (non-hydrogen) atoms. The number of nitrogens with zero attached hydrogens (tertiary/aromatic N) is 2. The van der Waals surface area contributed by atoms with Crippen molar-refractivity contribution in [3.63, 3.8) is 0 Å². The summed E-state index contributed by atoms with van der Waals surface area (Å²) < 4.78 is 16.9. The summed E-state index contributed by atoms with van der Waals surface area (Å²) in [5.41, 5.74) is 11.6. The van der Waals surface area contributed by atoms with Crippen molar-refractivity contribution in [2.24, 2.45) is 11.5 Å². The van der Waals surface area contributed by atoms with Crippen LogP contribution in [0.25, 0.3) is 0 Å². The molecule has 0 saturated carbocycles. The number of aryl methyl sites for hydroxylation is 1. The van der Waals surface area contributed by atoms with Crippen LogP contribution >= 0.6 is 11.6 Å². The van der Waals surface area contributed by atoms with Gasteiger partial charge in [0.15, 0.2) is 12.1 Å². The normalized spacial score (nSPS) is 12.2. The van der Waals surface area contributed by atoms with Crippen LogP contribution in [0.1, 0.15) is 87.6 Å². The van der Waals surface area contributed by atoms with Crippen molar-refractivity contribution in [2.75, 3.05) is 0 Å². The van der Waals surface area contributed by atoms with Crippen molar-refractivity contribution in [1.29, 1.82) is 0 Å². The van der Waals surface area contributed by atoms with E-state index in [-0.39, 0.29) is 85.8 Å². The Balaban J connectivity index is -0.000000247. The van der Waals surface area contributed by atoms with E-state index in [4.69, 9.17) is 30.7 Å². The Morgan fingerprint density at radius 3 is 1.84 bits per heavy atom. The van der Waals surface area contributed by atoms with Gasteiger partial charge in [-0.2, -0.15) is 0 Å². The number of aldehydes is 1. The summed E-state index contributed by atoms with van der Waals surface area (Å²) in [6.07, 6.45) is 1.62. The van der Waals surface area contributed by atoms with Gasteiger partial charge in [-0.1, -0.05) is 41.3 Å². The molecule has 14 heteroatoms. The van der Waals surface area contributed by atoms with E-state index >= 15 is 0 Å². The van der Waals surface area contributed by atoms with Crippen LogP contribution in [0.4, 0.5) is 0 Å². The first kappa shape index (κ1) is 41.2. The summed E-state index contributed by atoms with van der Waals surface area (Å²) in [4.78, 5) is 64.4. The number of halogens is 1. The molecule has 4 rings (SSSR count). The predicted octanol–water partition coefficient (Wildman–Crippen LogP) is 2.40. The van der Waals surface area contributed by atoms with Crippen molar-refractivity contribution in [3.05, 3.63) is 80.7 Å². The third kappa shape index (κ3) is 8.60. The van der Waals surface area contributed by atoms with Crippen LogP contribution in [0.5, 0.6) is 0 Å². The predicted molar refractivity (Wildman–Crippen MR) is 143 cm³/mol. The molecule has 2 aromatic heterocycles. The first-order valence-electron chi connectivity index (χ1n) is 8.73. The summed E-state index contributed by atoms with van der Waals surface area (Å²) in [5.74, 6) is -1.82. The van der Waals surface area contributed by atoms with E-state index in [2.05, 4.69) is 9.97 Å². The van der Waals surface area contributed by atoms with E-state index in [1.165, 1.54) is 12.1 Å². The quantitative estimate of drug-likeness (QED) is 0.348. The third-order valence-electron chi connectivity index (χ3n) is 4.24. The van der Waals surface area contributed by atoms with E-state index in [1.54, 1.807) is 19.1 Å². The number of carbonyl (C=O) groups excluding carboxylic acids is 5. The molecule has 0 spiro atoms. The molecule has 2 aliphatic rings. The number of nitrogens with two attached hydrogens (primary N) is 2. The maximum absolute atomic E-state index is 11.6. The topological polar surface area (TPSA) is 229 Å². The Labute approximate surface area is 231 Å². The Kier molecular flexibility index (Phi) is 19.0. The first-order chi connectivity index (χ1) is 15.6. The van der Waals surface area contributed by atoms with Gasteiger partial charge >= 0.3 is 22.5 Å². The Morgan fingerprint density at radius 2 is 1.32 bits per heavy atom. The number of rotatable bonds is 1. The molecule has 6 N–H and O–H groups in total. The van der Waals surface area contributed by atoms with Crippen LogP contribution in [0.15, 0.2) is 46.8 Å². The molecule has 0 amide bonds. The summed E-state index contributed by atoms with van der Waals surface area (Å²) in [5, 5.41) is -0.307. The number of aromatic nitrogens is 2. The number of hydrogen-bond acceptors (Lipinski definition) is 11. The van der Waals surface area contributed by atoms with E-state index in [9.17, 15) is 24.0 Å². The van der Waals surface area contributed by atoms with Gasteiger partial charge in [-0.3, -0.25) is 24.0 Å². The number of allylic oxidation sites excluding steroid dienone is 4. The third-order valence-corrected chi connectivity index (χ3v) is 4.62. The zero-order valence-corrected chi connectivity index (χ0v) is 19.6. The van der Waals surface area contributed by atoms with E-state index < -0.39 is 26.4 Å². The molecule has 0 aromatic carbocycles. The van der Waals surface area contributed by atoms with Crippen molar-refractivity contribution in [3.8, 4) is 0 Å². The molecule has 2 aromatic rings. The van der Waals surface area contributed by atoms with Crippen LogP contribution in [0.2, 0.25) is 0 Å². The van der Waals surface area contributed by atoms with E-state index in [0.29, 0.717) is 17.5 Å². The van der Waals surface area contributed by atoms with Gasteiger partial charge in [-0.25, -0.2) is 9.97 Å². The molecule has 0 atom stereocenters. The molecule has 0 unspecified atom stereocenters. The van der Waals surface area contributed by atoms with Crippen molar-refractivity contribution in [1.82, 2.24) is 9.97 Å². The van der Waals surface area contributed by atoms with Crippen LogP contribution in [0.3, 0.4) is 0 Å². The van der Waals surface area contributed by atoms with Crippen molar-refractivity contribution in [2.45, 2.75) is 36.6 Å². The number of pyridine rings is 2. The Morgan fingerprint density at radius 1 is 0.816 bits per heavy atom. The molecule has 0 bridgehead atoms. The fraction of sp³-hybridized carbons (Fsp3) is 0.208. The molecule has 12 nitrogen and oxygen atoms in total. The molecular formula is C24H31ClN4O8Se. The van der Waals surface area contributed by atoms with Crippen LogP contribution in [-0.4, -0.2) is 59.7 Å². The molecule has 208 valence electrons. The molecular weight excluding hydrogens is 587 g/mol. The summed E-state index contributed by atoms with van der Waals surface area (Å²) in [6.45, 7) is 1.76. The number of ketones is 4. The molecule has 2 aliphatic carbocycles. The van der Waals surface area contributed by atoms with E-state index in [1.807, 2.05) is 0 Å². The first-order valence-corrected chi connectivity index (χ1v) is 10.5. The molecule has 0 radical (unpaired) electrons. The zero-order chi connectivity index (χ0) is 24.9. The minimum absolute atomic E-state index is 0. The van der Waals surface area contributed by atoms with Crippen LogP contribution in [-0.2, 0) is 7.67 Å². The van der Waals surface area contributed by atoms with Crippen LogP contribution < -0.4 is 11.5 Å². The molecule has 0 fully saturated rings. The SMILES string of the molecule is C.C.C.C.Cc1ccc2c(n1)C(=O)C(N)=CC2=O.NC1=C(Cl)C(=O)c2ccc(C=O)nc2C1=O.O.O=[Se]=O. The maximum atomic E-state index is 11.6. The van der Waals surface area contributed by atoms with Crippen LogP contribution in [0, 0.1) is 6.92 Å². The number of carbonyl (C=O) groups is 5. The van der Waals surface area contributed by atoms with E-state index in [0.717, 1.165) is 6.08 Å². The van der Waals surface area contributed by atoms with Gasteiger partial charge in [-0.05, 0) is 31.2 Å². The molecule has 0 saturated heterocycles. The average molecular weight is 618 g/mol. The second kappa shape index (κ2) is 17.5. The summed E-state index contributed by atoms with van der Waals surface area (Å²) in [6, 6.07) is 5.96. The minimum atomic E-state index is -1.62. The molecule has 2 heterocycles. The second-order valence-corrected chi connectivity index (χ2v) is 7.01. The van der Waals surface area contributed by atoms with Gasteiger partial charge in [0.2, 0.25) is 17.3 Å². The number of fused-ring (bicyclic) bond motifs is 2. The van der Waals surface area contributed by atoms with Gasteiger partial charge in [-0.15, -0.1) is 0 Å². The van der Waals surface area contributed by atoms with Gasteiger partial charge in [0.25, 0.3) is 0 Å². The monoisotopic (exact) mass is 618 g/mol. The Bertz CT molecular complexity index is 1330. The molecule has 0 aliphatic heterocycles. The van der Waals surface area contributed by atoms with Gasteiger partial charge in [0, 0.05) is 11.8 Å².